The highest BCUT2D eigenvalue weighted by atomic mass is 35.5. The van der Waals surface area contributed by atoms with Gasteiger partial charge in [0.05, 0.1) is 32.3 Å². The van der Waals surface area contributed by atoms with E-state index in [2.05, 4.69) is 5.32 Å². The van der Waals surface area contributed by atoms with Crippen molar-refractivity contribution in [3.63, 3.8) is 0 Å². The van der Waals surface area contributed by atoms with Gasteiger partial charge in [0.15, 0.2) is 5.75 Å². The van der Waals surface area contributed by atoms with Crippen LogP contribution in [0, 0.1) is 0 Å². The van der Waals surface area contributed by atoms with Crippen LogP contribution in [0.5, 0.6) is 11.5 Å². The highest BCUT2D eigenvalue weighted by molar-refractivity contribution is 6.55. The number of carbonyl (C=O) groups is 1. The van der Waals surface area contributed by atoms with Gasteiger partial charge < -0.3 is 14.8 Å². The Labute approximate surface area is 208 Å². The number of carbonyl (C=O) groups excluding carboxylic acids is 1. The van der Waals surface area contributed by atoms with Crippen LogP contribution in [0.15, 0.2) is 34.8 Å². The monoisotopic (exact) mass is 549 g/mol. The standard InChI is InChI=1S/C19H14Cl7NO3/c20-10-6-12(21)17(13(22)7-10)19(28)27-3-1-4-30-18-14(23)8-11(9-15(18)24)29-5-2-16(25)26/h2,6-9H,1,3-5H2,(H,27,28). The van der Waals surface area contributed by atoms with Crippen molar-refractivity contribution in [2.75, 3.05) is 19.8 Å². The predicted molar refractivity (Wildman–Crippen MR) is 126 cm³/mol. The van der Waals surface area contributed by atoms with E-state index in [0.717, 1.165) is 0 Å². The van der Waals surface area contributed by atoms with Crippen LogP contribution in [0.25, 0.3) is 0 Å². The highest BCUT2D eigenvalue weighted by Crippen LogP contribution is 2.37. The van der Waals surface area contributed by atoms with E-state index in [4.69, 9.17) is 90.7 Å². The molecule has 0 spiro atoms. The molecular weight excluding hydrogens is 538 g/mol. The molecule has 0 aliphatic carbocycles. The Hall–Kier alpha value is -0.720. The molecule has 0 saturated heterocycles. The van der Waals surface area contributed by atoms with Gasteiger partial charge in [0.1, 0.15) is 16.8 Å². The number of hydrogen-bond donors (Lipinski definition) is 1. The summed E-state index contributed by atoms with van der Waals surface area (Å²) in [6.45, 7) is 0.735. The van der Waals surface area contributed by atoms with Crippen LogP contribution in [0.3, 0.4) is 0 Å². The number of halogens is 7. The molecule has 162 valence electrons. The molecule has 0 radical (unpaired) electrons. The lowest BCUT2D eigenvalue weighted by atomic mass is 10.2. The zero-order chi connectivity index (χ0) is 22.3. The van der Waals surface area contributed by atoms with Gasteiger partial charge in [-0.15, -0.1) is 0 Å². The van der Waals surface area contributed by atoms with Gasteiger partial charge in [0.25, 0.3) is 5.91 Å². The Balaban J connectivity index is 1.84. The fraction of sp³-hybridized carbons (Fsp3) is 0.211. The Morgan fingerprint density at radius 2 is 1.50 bits per heavy atom. The van der Waals surface area contributed by atoms with Crippen molar-refractivity contribution in [1.29, 1.82) is 0 Å². The van der Waals surface area contributed by atoms with E-state index < -0.39 is 5.91 Å². The second-order valence-corrected chi connectivity index (χ2v) is 8.80. The van der Waals surface area contributed by atoms with E-state index in [1.807, 2.05) is 0 Å². The third-order valence-electron chi connectivity index (χ3n) is 3.55. The minimum Gasteiger partial charge on any atom is -0.490 e. The number of nitrogens with one attached hydrogen (secondary N) is 1. The van der Waals surface area contributed by atoms with Crippen molar-refractivity contribution in [3.05, 3.63) is 65.5 Å². The predicted octanol–water partition coefficient (Wildman–Crippen LogP) is 7.85. The number of ether oxygens (including phenoxy) is 2. The number of amides is 1. The lowest BCUT2D eigenvalue weighted by Gasteiger charge is -2.13. The molecule has 0 aliphatic heterocycles. The minimum atomic E-state index is -0.412. The molecule has 1 amide bonds. The summed E-state index contributed by atoms with van der Waals surface area (Å²) in [6.07, 6.45) is 1.96. The molecule has 1 N–H and O–H groups in total. The van der Waals surface area contributed by atoms with E-state index in [0.29, 0.717) is 29.5 Å². The summed E-state index contributed by atoms with van der Waals surface area (Å²) >= 11 is 41.4. The second-order valence-electron chi connectivity index (χ2n) is 5.72. The Kier molecular flexibility index (Phi) is 10.5. The molecule has 0 aliphatic rings. The SMILES string of the molecule is O=C(NCCCOc1c(Cl)cc(OCC=C(Cl)Cl)cc1Cl)c1c(Cl)cc(Cl)cc1Cl. The van der Waals surface area contributed by atoms with E-state index in [1.165, 1.54) is 18.2 Å². The third-order valence-corrected chi connectivity index (χ3v) is 5.23. The van der Waals surface area contributed by atoms with Crippen molar-refractivity contribution >= 4 is 87.1 Å². The van der Waals surface area contributed by atoms with Crippen LogP contribution in [-0.4, -0.2) is 25.7 Å². The third kappa shape index (κ3) is 7.76. The lowest BCUT2D eigenvalue weighted by Crippen LogP contribution is -2.26. The van der Waals surface area contributed by atoms with Crippen LogP contribution < -0.4 is 14.8 Å². The summed E-state index contributed by atoms with van der Waals surface area (Å²) in [5.41, 5.74) is 0.163. The first-order valence-electron chi connectivity index (χ1n) is 8.37. The van der Waals surface area contributed by atoms with Crippen LogP contribution in [0.1, 0.15) is 16.8 Å². The fourth-order valence-corrected chi connectivity index (χ4v) is 3.95. The van der Waals surface area contributed by atoms with E-state index in [-0.39, 0.29) is 43.4 Å². The van der Waals surface area contributed by atoms with E-state index in [1.54, 1.807) is 12.1 Å². The van der Waals surface area contributed by atoms with Crippen molar-refractivity contribution in [2.45, 2.75) is 6.42 Å². The maximum absolute atomic E-state index is 12.3. The first kappa shape index (κ1) is 25.5. The maximum atomic E-state index is 12.3. The van der Waals surface area contributed by atoms with Gasteiger partial charge in [-0.2, -0.15) is 0 Å². The maximum Gasteiger partial charge on any atom is 0.254 e. The quantitative estimate of drug-likeness (QED) is 0.323. The first-order chi connectivity index (χ1) is 14.2. The normalized spacial score (nSPS) is 10.5. The lowest BCUT2D eigenvalue weighted by molar-refractivity contribution is 0.0952. The zero-order valence-corrected chi connectivity index (χ0v) is 20.4. The molecule has 11 heteroatoms. The topological polar surface area (TPSA) is 47.6 Å². The average Bonchev–Trinajstić information content (AvgIpc) is 2.62. The van der Waals surface area contributed by atoms with Crippen LogP contribution in [0.4, 0.5) is 0 Å². The Bertz CT molecular complexity index is 900. The summed E-state index contributed by atoms with van der Waals surface area (Å²) in [4.78, 5) is 12.3. The molecule has 0 heterocycles. The summed E-state index contributed by atoms with van der Waals surface area (Å²) < 4.78 is 11.1. The molecule has 30 heavy (non-hydrogen) atoms. The van der Waals surface area contributed by atoms with Gasteiger partial charge in [-0.3, -0.25) is 4.79 Å². The molecule has 2 rings (SSSR count). The van der Waals surface area contributed by atoms with Gasteiger partial charge in [0.2, 0.25) is 0 Å². The summed E-state index contributed by atoms with van der Waals surface area (Å²) in [5.74, 6) is 0.337. The summed E-state index contributed by atoms with van der Waals surface area (Å²) in [6, 6.07) is 6.02. The number of hydrogen-bond acceptors (Lipinski definition) is 3. The van der Waals surface area contributed by atoms with Crippen molar-refractivity contribution in [1.82, 2.24) is 5.32 Å². The zero-order valence-electron chi connectivity index (χ0n) is 15.1. The van der Waals surface area contributed by atoms with Crippen LogP contribution in [-0.2, 0) is 0 Å². The van der Waals surface area contributed by atoms with Crippen molar-refractivity contribution < 1.29 is 14.3 Å². The molecule has 2 aromatic rings. The van der Waals surface area contributed by atoms with Crippen LogP contribution in [0.2, 0.25) is 25.1 Å². The molecule has 0 unspecified atom stereocenters. The number of rotatable bonds is 9. The molecular formula is C19H14Cl7NO3. The molecule has 4 nitrogen and oxygen atoms in total. The molecule has 0 bridgehead atoms. The van der Waals surface area contributed by atoms with Crippen molar-refractivity contribution in [3.8, 4) is 11.5 Å². The fourth-order valence-electron chi connectivity index (χ4n) is 2.25. The van der Waals surface area contributed by atoms with Gasteiger partial charge in [-0.25, -0.2) is 0 Å². The van der Waals surface area contributed by atoms with Crippen molar-refractivity contribution in [2.24, 2.45) is 0 Å². The molecule has 0 fully saturated rings. The van der Waals surface area contributed by atoms with Gasteiger partial charge in [-0.05, 0) is 24.6 Å². The Morgan fingerprint density at radius 1 is 0.900 bits per heavy atom. The molecule has 0 atom stereocenters. The van der Waals surface area contributed by atoms with Gasteiger partial charge >= 0.3 is 0 Å². The second kappa shape index (κ2) is 12.4. The van der Waals surface area contributed by atoms with E-state index >= 15 is 0 Å². The highest BCUT2D eigenvalue weighted by Gasteiger charge is 2.16. The largest absolute Gasteiger partial charge is 0.490 e. The molecule has 0 saturated carbocycles. The van der Waals surface area contributed by atoms with Crippen LogP contribution >= 0.6 is 81.2 Å². The van der Waals surface area contributed by atoms with E-state index in [9.17, 15) is 4.79 Å². The summed E-state index contributed by atoms with van der Waals surface area (Å²) in [7, 11) is 0. The molecule has 2 aromatic carbocycles. The Morgan fingerprint density at radius 3 is 2.07 bits per heavy atom. The average molecular weight is 552 g/mol. The molecule has 0 aromatic heterocycles. The van der Waals surface area contributed by atoms with Gasteiger partial charge in [0, 0.05) is 23.7 Å². The number of benzene rings is 2. The van der Waals surface area contributed by atoms with Gasteiger partial charge in [-0.1, -0.05) is 81.2 Å². The minimum absolute atomic E-state index is 0.0971. The first-order valence-corrected chi connectivity index (χ1v) is 11.0. The smallest absolute Gasteiger partial charge is 0.254 e. The summed E-state index contributed by atoms with van der Waals surface area (Å²) in [5, 5.41) is 3.96.